The molecule has 1 atom stereocenters. The van der Waals surface area contributed by atoms with Crippen LogP contribution in [0, 0.1) is 0 Å². The van der Waals surface area contributed by atoms with Crippen molar-refractivity contribution in [2.75, 3.05) is 12.9 Å². The minimum absolute atomic E-state index is 0.405. The molecule has 0 saturated carbocycles. The average Bonchev–Trinajstić information content (AvgIpc) is 2.48. The molecule has 2 nitrogen and oxygen atoms in total. The van der Waals surface area contributed by atoms with Gasteiger partial charge in [-0.25, -0.2) is 0 Å². The summed E-state index contributed by atoms with van der Waals surface area (Å²) >= 11 is 1.81. The fourth-order valence-electron chi connectivity index (χ4n) is 1.94. The third-order valence-corrected chi connectivity index (χ3v) is 4.15. The summed E-state index contributed by atoms with van der Waals surface area (Å²) in [6.45, 7) is 1.79. The van der Waals surface area contributed by atoms with Crippen molar-refractivity contribution in [1.82, 2.24) is 0 Å². The summed E-state index contributed by atoms with van der Waals surface area (Å²) in [5.41, 5.74) is 2.28. The molecule has 0 bridgehead atoms. The van der Waals surface area contributed by atoms with Crippen molar-refractivity contribution in [3.8, 4) is 5.75 Å². The molecule has 2 aromatic carbocycles. The highest BCUT2D eigenvalue weighted by atomic mass is 32.2. The Bertz CT molecular complexity index is 535. The van der Waals surface area contributed by atoms with Gasteiger partial charge in [0.2, 0.25) is 0 Å². The second-order valence-corrected chi connectivity index (χ2v) is 5.86. The molecule has 0 heterocycles. The van der Waals surface area contributed by atoms with Crippen molar-refractivity contribution < 1.29 is 9.84 Å². The standard InChI is InChI=1S/C17H20O2S/c1-13(18)15-4-3-5-17(12-15)20-11-10-14-6-8-16(19-2)9-7-14/h3-9,12-13,18H,10-11H2,1-2H3. The third kappa shape index (κ3) is 4.29. The van der Waals surface area contributed by atoms with Crippen LogP contribution in [-0.2, 0) is 6.42 Å². The van der Waals surface area contributed by atoms with Gasteiger partial charge in [0.05, 0.1) is 13.2 Å². The minimum atomic E-state index is -0.405. The molecule has 1 N–H and O–H groups in total. The number of aryl methyl sites for hydroxylation is 1. The monoisotopic (exact) mass is 288 g/mol. The number of aliphatic hydroxyl groups excluding tert-OH is 1. The number of rotatable bonds is 6. The largest absolute Gasteiger partial charge is 0.497 e. The van der Waals surface area contributed by atoms with E-state index in [2.05, 4.69) is 24.3 Å². The summed E-state index contributed by atoms with van der Waals surface area (Å²) in [4.78, 5) is 1.21. The number of hydrogen-bond donors (Lipinski definition) is 1. The van der Waals surface area contributed by atoms with E-state index in [1.54, 1.807) is 14.0 Å². The third-order valence-electron chi connectivity index (χ3n) is 3.16. The molecule has 0 radical (unpaired) electrons. The fraction of sp³-hybridized carbons (Fsp3) is 0.294. The second-order valence-electron chi connectivity index (χ2n) is 4.69. The molecule has 0 aromatic heterocycles. The number of benzene rings is 2. The highest BCUT2D eigenvalue weighted by molar-refractivity contribution is 7.99. The summed E-state index contributed by atoms with van der Waals surface area (Å²) in [6.07, 6.45) is 0.616. The molecule has 0 fully saturated rings. The molecule has 1 unspecified atom stereocenters. The van der Waals surface area contributed by atoms with Crippen molar-refractivity contribution in [1.29, 1.82) is 0 Å². The van der Waals surface area contributed by atoms with Crippen molar-refractivity contribution in [2.45, 2.75) is 24.3 Å². The van der Waals surface area contributed by atoms with Gasteiger partial charge in [0.1, 0.15) is 5.75 Å². The lowest BCUT2D eigenvalue weighted by molar-refractivity contribution is 0.199. The summed E-state index contributed by atoms with van der Waals surface area (Å²) in [6, 6.07) is 16.3. The summed E-state index contributed by atoms with van der Waals surface area (Å²) < 4.78 is 5.15. The number of ether oxygens (including phenoxy) is 1. The van der Waals surface area contributed by atoms with Crippen LogP contribution in [0.15, 0.2) is 53.4 Å². The van der Waals surface area contributed by atoms with E-state index in [0.717, 1.165) is 23.5 Å². The molecule has 106 valence electrons. The van der Waals surface area contributed by atoms with Crippen LogP contribution in [0.1, 0.15) is 24.2 Å². The SMILES string of the molecule is COc1ccc(CCSc2cccc(C(C)O)c2)cc1. The van der Waals surface area contributed by atoms with Gasteiger partial charge in [-0.15, -0.1) is 11.8 Å². The lowest BCUT2D eigenvalue weighted by atomic mass is 10.1. The predicted octanol–water partition coefficient (Wildman–Crippen LogP) is 4.08. The number of methoxy groups -OCH3 is 1. The first-order valence-electron chi connectivity index (χ1n) is 6.73. The van der Waals surface area contributed by atoms with Crippen LogP contribution in [0.2, 0.25) is 0 Å². The van der Waals surface area contributed by atoms with Crippen LogP contribution >= 0.6 is 11.8 Å². The maximum atomic E-state index is 9.58. The number of aliphatic hydroxyl groups is 1. The first-order chi connectivity index (χ1) is 9.69. The lowest BCUT2D eigenvalue weighted by Crippen LogP contribution is -1.92. The van der Waals surface area contributed by atoms with E-state index in [4.69, 9.17) is 4.74 Å². The lowest BCUT2D eigenvalue weighted by Gasteiger charge is -2.07. The zero-order valence-electron chi connectivity index (χ0n) is 11.9. The smallest absolute Gasteiger partial charge is 0.118 e. The highest BCUT2D eigenvalue weighted by Crippen LogP contribution is 2.23. The zero-order chi connectivity index (χ0) is 14.4. The van der Waals surface area contributed by atoms with Gasteiger partial charge in [-0.2, -0.15) is 0 Å². The topological polar surface area (TPSA) is 29.5 Å². The van der Waals surface area contributed by atoms with Gasteiger partial charge in [0, 0.05) is 10.6 Å². The molecule has 20 heavy (non-hydrogen) atoms. The van der Waals surface area contributed by atoms with E-state index in [9.17, 15) is 5.11 Å². The quantitative estimate of drug-likeness (QED) is 0.812. The van der Waals surface area contributed by atoms with Gasteiger partial charge in [-0.1, -0.05) is 24.3 Å². The van der Waals surface area contributed by atoms with Crippen LogP contribution in [0.3, 0.4) is 0 Å². The normalized spacial score (nSPS) is 12.2. The van der Waals surface area contributed by atoms with E-state index in [1.165, 1.54) is 10.5 Å². The van der Waals surface area contributed by atoms with Gasteiger partial charge in [0.15, 0.2) is 0 Å². The van der Waals surface area contributed by atoms with Crippen LogP contribution < -0.4 is 4.74 Å². The van der Waals surface area contributed by atoms with Gasteiger partial charge >= 0.3 is 0 Å². The predicted molar refractivity (Wildman–Crippen MR) is 84.5 cm³/mol. The zero-order valence-corrected chi connectivity index (χ0v) is 12.7. The molecule has 2 rings (SSSR count). The first kappa shape index (κ1) is 14.9. The molecule has 0 aliphatic carbocycles. The van der Waals surface area contributed by atoms with Crippen LogP contribution in [0.4, 0.5) is 0 Å². The van der Waals surface area contributed by atoms with E-state index >= 15 is 0 Å². The Morgan fingerprint density at radius 2 is 1.90 bits per heavy atom. The molecule has 0 spiro atoms. The summed E-state index contributed by atoms with van der Waals surface area (Å²) in [5, 5.41) is 9.58. The van der Waals surface area contributed by atoms with Crippen molar-refractivity contribution in [3.05, 3.63) is 59.7 Å². The van der Waals surface area contributed by atoms with E-state index in [0.29, 0.717) is 0 Å². The van der Waals surface area contributed by atoms with Gasteiger partial charge < -0.3 is 9.84 Å². The Morgan fingerprint density at radius 1 is 1.15 bits per heavy atom. The molecule has 0 amide bonds. The Morgan fingerprint density at radius 3 is 2.55 bits per heavy atom. The van der Waals surface area contributed by atoms with E-state index < -0.39 is 6.10 Å². The fourth-order valence-corrected chi connectivity index (χ4v) is 2.91. The number of hydrogen-bond acceptors (Lipinski definition) is 3. The molecule has 0 aliphatic heterocycles. The molecular formula is C17H20O2S. The Hall–Kier alpha value is -1.45. The van der Waals surface area contributed by atoms with Gasteiger partial charge in [0.25, 0.3) is 0 Å². The first-order valence-corrected chi connectivity index (χ1v) is 7.71. The Kier molecular flexibility index (Phi) is 5.50. The maximum Gasteiger partial charge on any atom is 0.118 e. The minimum Gasteiger partial charge on any atom is -0.497 e. The maximum absolute atomic E-state index is 9.58. The van der Waals surface area contributed by atoms with E-state index in [-0.39, 0.29) is 0 Å². The van der Waals surface area contributed by atoms with Crippen molar-refractivity contribution >= 4 is 11.8 Å². The molecule has 2 aromatic rings. The van der Waals surface area contributed by atoms with Gasteiger partial charge in [-0.3, -0.25) is 0 Å². The van der Waals surface area contributed by atoms with E-state index in [1.807, 2.05) is 36.0 Å². The van der Waals surface area contributed by atoms with Crippen LogP contribution in [-0.4, -0.2) is 18.0 Å². The van der Waals surface area contributed by atoms with Crippen molar-refractivity contribution in [3.63, 3.8) is 0 Å². The molecule has 3 heteroatoms. The van der Waals surface area contributed by atoms with Crippen molar-refractivity contribution in [2.24, 2.45) is 0 Å². The second kappa shape index (κ2) is 7.36. The average molecular weight is 288 g/mol. The highest BCUT2D eigenvalue weighted by Gasteiger charge is 2.02. The van der Waals surface area contributed by atoms with Gasteiger partial charge in [-0.05, 0) is 48.7 Å². The number of thioether (sulfide) groups is 1. The Balaban J connectivity index is 1.87. The van der Waals surface area contributed by atoms with Crippen LogP contribution in [0.25, 0.3) is 0 Å². The van der Waals surface area contributed by atoms with Crippen LogP contribution in [0.5, 0.6) is 5.75 Å². The molecular weight excluding hydrogens is 268 g/mol. The molecule has 0 aliphatic rings. The Labute approximate surface area is 124 Å². The molecule has 0 saturated heterocycles. The summed E-state index contributed by atoms with van der Waals surface area (Å²) in [5.74, 6) is 1.92. The summed E-state index contributed by atoms with van der Waals surface area (Å²) in [7, 11) is 1.68.